The van der Waals surface area contributed by atoms with Crippen molar-refractivity contribution in [3.8, 4) is 5.75 Å². The van der Waals surface area contributed by atoms with Crippen molar-refractivity contribution in [2.24, 2.45) is 5.92 Å². The van der Waals surface area contributed by atoms with Crippen LogP contribution in [0.4, 0.5) is 10.1 Å². The lowest BCUT2D eigenvalue weighted by Gasteiger charge is -2.35. The highest BCUT2D eigenvalue weighted by Crippen LogP contribution is 2.27. The number of nitrogens with one attached hydrogen (secondary N) is 1. The molecule has 1 aliphatic heterocycles. The highest BCUT2D eigenvalue weighted by Gasteiger charge is 2.29. The van der Waals surface area contributed by atoms with E-state index in [9.17, 15) is 18.8 Å². The third kappa shape index (κ3) is 6.36. The van der Waals surface area contributed by atoms with E-state index in [-0.39, 0.29) is 47.6 Å². The molecule has 2 aromatic rings. The minimum atomic E-state index is -0.518. The Balaban J connectivity index is 1.94. The third-order valence-corrected chi connectivity index (χ3v) is 6.19. The maximum absolute atomic E-state index is 13.5. The Bertz CT molecular complexity index is 1090. The molecule has 0 fully saturated rings. The average molecular weight is 486 g/mol. The number of benzene rings is 2. The molecule has 3 atom stereocenters. The Labute approximate surface area is 205 Å². The van der Waals surface area contributed by atoms with E-state index in [1.165, 1.54) is 36.1 Å². The van der Waals surface area contributed by atoms with Gasteiger partial charge in [-0.15, -0.1) is 0 Å². The lowest BCUT2D eigenvalue weighted by molar-refractivity contribution is -0.133. The van der Waals surface area contributed by atoms with Crippen LogP contribution in [-0.4, -0.2) is 73.5 Å². The van der Waals surface area contributed by atoms with Crippen LogP contribution in [0, 0.1) is 11.7 Å². The number of methoxy groups -OCH3 is 1. The number of halogens is 1. The van der Waals surface area contributed by atoms with E-state index in [0.29, 0.717) is 24.5 Å². The number of hydrogen-bond acceptors (Lipinski definition) is 5. The first-order valence-electron chi connectivity index (χ1n) is 11.5. The SMILES string of the molecule is CO[C@H]1CN(C)C(=O)c2cc(NC(=O)c3cccc(F)c3)ccc2OC[C@@H](C)N(C(C)=O)C[C@@H]1C. The minimum Gasteiger partial charge on any atom is -0.491 e. The van der Waals surface area contributed by atoms with E-state index < -0.39 is 11.7 Å². The summed E-state index contributed by atoms with van der Waals surface area (Å²) < 4.78 is 25.2. The van der Waals surface area contributed by atoms with Gasteiger partial charge in [0.2, 0.25) is 5.91 Å². The molecule has 0 aliphatic carbocycles. The van der Waals surface area contributed by atoms with Crippen LogP contribution in [0.5, 0.6) is 5.75 Å². The zero-order chi connectivity index (χ0) is 25.7. The van der Waals surface area contributed by atoms with Gasteiger partial charge in [-0.2, -0.15) is 0 Å². The van der Waals surface area contributed by atoms with Crippen molar-refractivity contribution in [1.29, 1.82) is 0 Å². The summed E-state index contributed by atoms with van der Waals surface area (Å²) in [6, 6.07) is 9.87. The number of likely N-dealkylation sites (N-methyl/N-ethyl adjacent to an activating group) is 1. The van der Waals surface area contributed by atoms with Crippen LogP contribution >= 0.6 is 0 Å². The number of nitrogens with zero attached hydrogens (tertiary/aromatic N) is 2. The summed E-state index contributed by atoms with van der Waals surface area (Å²) in [4.78, 5) is 41.6. The van der Waals surface area contributed by atoms with Gasteiger partial charge < -0.3 is 24.6 Å². The molecule has 0 saturated carbocycles. The summed E-state index contributed by atoms with van der Waals surface area (Å²) in [5.41, 5.74) is 0.784. The van der Waals surface area contributed by atoms with Crippen molar-refractivity contribution in [2.45, 2.75) is 32.9 Å². The lowest BCUT2D eigenvalue weighted by atomic mass is 10.0. The van der Waals surface area contributed by atoms with Gasteiger partial charge in [-0.1, -0.05) is 13.0 Å². The van der Waals surface area contributed by atoms with Crippen molar-refractivity contribution < 1.29 is 28.2 Å². The smallest absolute Gasteiger partial charge is 0.257 e. The number of anilines is 1. The summed E-state index contributed by atoms with van der Waals surface area (Å²) in [5, 5.41) is 2.71. The fourth-order valence-corrected chi connectivity index (χ4v) is 4.13. The largest absolute Gasteiger partial charge is 0.491 e. The molecule has 0 unspecified atom stereocenters. The number of amides is 3. The molecule has 188 valence electrons. The fourth-order valence-electron chi connectivity index (χ4n) is 4.13. The standard InChI is InChI=1S/C26H32FN3O5/c1-16-13-30(18(3)31)17(2)15-35-23-10-9-21(28-25(32)19-7-6-8-20(27)11-19)12-22(23)26(33)29(4)14-24(16)34-5/h6-12,16-17,24H,13-15H2,1-5H3,(H,28,32)/t16-,17+,24-/m0/s1. The first-order valence-corrected chi connectivity index (χ1v) is 11.5. The normalized spacial score (nSPS) is 21.3. The van der Waals surface area contributed by atoms with Gasteiger partial charge in [0, 0.05) is 51.3 Å². The number of hydrogen-bond donors (Lipinski definition) is 1. The third-order valence-electron chi connectivity index (χ3n) is 6.19. The van der Waals surface area contributed by atoms with Gasteiger partial charge >= 0.3 is 0 Å². The zero-order valence-electron chi connectivity index (χ0n) is 20.7. The Kier molecular flexibility index (Phi) is 8.45. The second kappa shape index (κ2) is 11.3. The van der Waals surface area contributed by atoms with Crippen LogP contribution in [0.2, 0.25) is 0 Å². The highest BCUT2D eigenvalue weighted by molar-refractivity contribution is 6.05. The molecule has 8 nitrogen and oxygen atoms in total. The summed E-state index contributed by atoms with van der Waals surface area (Å²) in [6.45, 7) is 6.35. The average Bonchev–Trinajstić information content (AvgIpc) is 2.83. The number of carbonyl (C=O) groups is 3. The Hall–Kier alpha value is -3.46. The van der Waals surface area contributed by atoms with Gasteiger partial charge in [0.25, 0.3) is 11.8 Å². The molecular formula is C26H32FN3O5. The summed E-state index contributed by atoms with van der Waals surface area (Å²) >= 11 is 0. The molecule has 9 heteroatoms. The van der Waals surface area contributed by atoms with Crippen LogP contribution in [0.3, 0.4) is 0 Å². The molecule has 35 heavy (non-hydrogen) atoms. The van der Waals surface area contributed by atoms with Crippen molar-refractivity contribution >= 4 is 23.4 Å². The van der Waals surface area contributed by atoms with Crippen molar-refractivity contribution in [3.63, 3.8) is 0 Å². The van der Waals surface area contributed by atoms with Gasteiger partial charge in [0.05, 0.1) is 17.7 Å². The number of fused-ring (bicyclic) bond motifs is 1. The second-order valence-corrected chi connectivity index (χ2v) is 8.94. The second-order valence-electron chi connectivity index (χ2n) is 8.94. The zero-order valence-corrected chi connectivity index (χ0v) is 20.7. The predicted octanol–water partition coefficient (Wildman–Crippen LogP) is 3.43. The van der Waals surface area contributed by atoms with Crippen LogP contribution in [0.1, 0.15) is 41.5 Å². The summed E-state index contributed by atoms with van der Waals surface area (Å²) in [6.07, 6.45) is -0.294. The van der Waals surface area contributed by atoms with E-state index in [1.807, 2.05) is 13.8 Å². The number of carbonyl (C=O) groups excluding carboxylic acids is 3. The van der Waals surface area contributed by atoms with Gasteiger partial charge in [0.15, 0.2) is 0 Å². The molecule has 0 aromatic heterocycles. The first-order chi connectivity index (χ1) is 16.6. The molecule has 3 amide bonds. The van der Waals surface area contributed by atoms with E-state index in [4.69, 9.17) is 9.47 Å². The molecule has 1 aliphatic rings. The topological polar surface area (TPSA) is 88.2 Å². The van der Waals surface area contributed by atoms with Crippen molar-refractivity contribution in [1.82, 2.24) is 9.80 Å². The van der Waals surface area contributed by atoms with Crippen LogP contribution in [0.15, 0.2) is 42.5 Å². The Morgan fingerprint density at radius 3 is 2.54 bits per heavy atom. The number of rotatable bonds is 3. The van der Waals surface area contributed by atoms with Gasteiger partial charge in [-0.3, -0.25) is 14.4 Å². The molecular weight excluding hydrogens is 453 g/mol. The first kappa shape index (κ1) is 26.2. The van der Waals surface area contributed by atoms with Crippen LogP contribution < -0.4 is 10.1 Å². The van der Waals surface area contributed by atoms with Crippen LogP contribution in [0.25, 0.3) is 0 Å². The fraction of sp³-hybridized carbons (Fsp3) is 0.423. The summed E-state index contributed by atoms with van der Waals surface area (Å²) in [7, 11) is 3.25. The Morgan fingerprint density at radius 1 is 1.14 bits per heavy atom. The monoisotopic (exact) mass is 485 g/mol. The van der Waals surface area contributed by atoms with Crippen LogP contribution in [-0.2, 0) is 9.53 Å². The molecule has 2 aromatic carbocycles. The van der Waals surface area contributed by atoms with E-state index in [0.717, 1.165) is 6.07 Å². The van der Waals surface area contributed by atoms with Crippen molar-refractivity contribution in [2.75, 3.05) is 39.2 Å². The quantitative estimate of drug-likeness (QED) is 0.720. The van der Waals surface area contributed by atoms with Crippen molar-refractivity contribution in [3.05, 3.63) is 59.4 Å². The minimum absolute atomic E-state index is 0.0302. The molecule has 1 heterocycles. The predicted molar refractivity (Wildman–Crippen MR) is 130 cm³/mol. The maximum Gasteiger partial charge on any atom is 0.257 e. The maximum atomic E-state index is 13.5. The van der Waals surface area contributed by atoms with Gasteiger partial charge in [-0.05, 0) is 43.3 Å². The summed E-state index contributed by atoms with van der Waals surface area (Å²) in [5.74, 6) is -1.08. The number of ether oxygens (including phenoxy) is 2. The molecule has 0 saturated heterocycles. The van der Waals surface area contributed by atoms with E-state index >= 15 is 0 Å². The molecule has 0 bridgehead atoms. The molecule has 1 N–H and O–H groups in total. The lowest BCUT2D eigenvalue weighted by Crippen LogP contribution is -2.48. The van der Waals surface area contributed by atoms with Gasteiger partial charge in [0.1, 0.15) is 18.2 Å². The molecule has 0 radical (unpaired) electrons. The van der Waals surface area contributed by atoms with E-state index in [1.54, 1.807) is 31.2 Å². The van der Waals surface area contributed by atoms with E-state index in [2.05, 4.69) is 5.32 Å². The molecule has 3 rings (SSSR count). The highest BCUT2D eigenvalue weighted by atomic mass is 19.1. The Morgan fingerprint density at radius 2 is 1.89 bits per heavy atom. The van der Waals surface area contributed by atoms with Gasteiger partial charge in [-0.25, -0.2) is 4.39 Å². The molecule has 0 spiro atoms.